The molecule has 0 bridgehead atoms. The fourth-order valence-electron chi connectivity index (χ4n) is 5.36. The topological polar surface area (TPSA) is 52.6 Å². The number of carbonyl (C=O) groups is 2. The number of aryl methyl sites for hydroxylation is 2. The molecule has 1 aliphatic rings. The summed E-state index contributed by atoms with van der Waals surface area (Å²) >= 11 is 0. The lowest BCUT2D eigenvalue weighted by Crippen LogP contribution is -2.25. The van der Waals surface area contributed by atoms with Crippen LogP contribution in [0.1, 0.15) is 54.1 Å². The van der Waals surface area contributed by atoms with Gasteiger partial charge in [0, 0.05) is 36.5 Å². The Bertz CT molecular complexity index is 1400. The van der Waals surface area contributed by atoms with Gasteiger partial charge in [0.2, 0.25) is 0 Å². The largest absolute Gasteiger partial charge is 0.380 e. The Morgan fingerprint density at radius 3 is 1.17 bits per heavy atom. The van der Waals surface area contributed by atoms with E-state index >= 15 is 0 Å². The highest BCUT2D eigenvalue weighted by atomic mass is 16.5. The van der Waals surface area contributed by atoms with Gasteiger partial charge in [-0.2, -0.15) is 0 Å². The van der Waals surface area contributed by atoms with E-state index in [1.807, 2.05) is 62.4 Å². The van der Waals surface area contributed by atoms with Gasteiger partial charge in [-0.15, -0.1) is 0 Å². The maximum Gasteiger partial charge on any atom is 0.195 e. The summed E-state index contributed by atoms with van der Waals surface area (Å²) in [5.74, 6) is -0.288. The van der Waals surface area contributed by atoms with Gasteiger partial charge in [0.05, 0.1) is 13.2 Å². The van der Waals surface area contributed by atoms with Gasteiger partial charge in [-0.1, -0.05) is 72.8 Å². The minimum Gasteiger partial charge on any atom is -0.380 e. The molecule has 0 saturated heterocycles. The van der Waals surface area contributed by atoms with E-state index in [4.69, 9.17) is 9.47 Å². The lowest BCUT2D eigenvalue weighted by Gasteiger charge is -2.29. The van der Waals surface area contributed by atoms with E-state index < -0.39 is 0 Å². The Kier molecular flexibility index (Phi) is 6.40. The maximum absolute atomic E-state index is 14.2. The zero-order valence-corrected chi connectivity index (χ0v) is 21.0. The predicted molar refractivity (Wildman–Crippen MR) is 142 cm³/mol. The molecule has 0 saturated carbocycles. The lowest BCUT2D eigenvalue weighted by atomic mass is 9.72. The molecule has 5 rings (SSSR count). The second-order valence-electron chi connectivity index (χ2n) is 9.16. The van der Waals surface area contributed by atoms with Crippen molar-refractivity contribution in [2.75, 3.05) is 14.2 Å². The zero-order chi connectivity index (χ0) is 25.4. The number of fused-ring (bicyclic) bond motifs is 2. The molecule has 1 aliphatic carbocycles. The van der Waals surface area contributed by atoms with Gasteiger partial charge in [-0.25, -0.2) is 0 Å². The number of hydrogen-bond acceptors (Lipinski definition) is 4. The summed E-state index contributed by atoms with van der Waals surface area (Å²) in [4.78, 5) is 28.5. The maximum atomic E-state index is 14.2. The molecule has 0 fully saturated rings. The molecule has 0 N–H and O–H groups in total. The summed E-state index contributed by atoms with van der Waals surface area (Å²) in [6, 6.07) is 23.0. The van der Waals surface area contributed by atoms with E-state index in [-0.39, 0.29) is 24.8 Å². The van der Waals surface area contributed by atoms with Crippen molar-refractivity contribution in [2.24, 2.45) is 0 Å². The Balaban J connectivity index is 2.04. The SMILES string of the molecule is COCc1c(COC)c(-c2ccccc2C)c2c(c1-c1ccccc1C)C(=O)c1ccccc1C2=O. The fourth-order valence-corrected chi connectivity index (χ4v) is 5.36. The van der Waals surface area contributed by atoms with Crippen LogP contribution in [-0.4, -0.2) is 25.8 Å². The number of carbonyl (C=O) groups excluding carboxylic acids is 2. The van der Waals surface area contributed by atoms with Gasteiger partial charge < -0.3 is 9.47 Å². The summed E-state index contributed by atoms with van der Waals surface area (Å²) in [5, 5.41) is 0. The zero-order valence-electron chi connectivity index (χ0n) is 21.0. The molecule has 0 atom stereocenters. The van der Waals surface area contributed by atoms with E-state index in [9.17, 15) is 9.59 Å². The smallest absolute Gasteiger partial charge is 0.195 e. The van der Waals surface area contributed by atoms with Crippen LogP contribution in [0.2, 0.25) is 0 Å². The average Bonchev–Trinajstić information content (AvgIpc) is 2.89. The number of ketones is 2. The highest BCUT2D eigenvalue weighted by molar-refractivity contribution is 6.32. The fraction of sp³-hybridized carbons (Fsp3) is 0.188. The predicted octanol–water partition coefficient (Wildman–Crippen LogP) is 6.71. The van der Waals surface area contributed by atoms with Crippen molar-refractivity contribution in [1.29, 1.82) is 0 Å². The van der Waals surface area contributed by atoms with Gasteiger partial charge >= 0.3 is 0 Å². The molecule has 0 aliphatic heterocycles. The van der Waals surface area contributed by atoms with Crippen LogP contribution in [0.15, 0.2) is 72.8 Å². The standard InChI is InChI=1S/C32H28O4/c1-19-11-5-7-13-21(19)27-25(17-35-3)26(18-36-4)28(22-14-8-6-12-20(22)2)30-29(27)31(33)23-15-9-10-16-24(23)32(30)34/h5-16H,17-18H2,1-4H3. The molecule has 4 heteroatoms. The molecule has 0 amide bonds. The van der Waals surface area contributed by atoms with E-state index in [1.165, 1.54) is 0 Å². The monoisotopic (exact) mass is 476 g/mol. The number of ether oxygens (including phenoxy) is 2. The number of rotatable bonds is 6. The molecular formula is C32H28O4. The molecule has 4 aromatic carbocycles. The third kappa shape index (κ3) is 3.70. The van der Waals surface area contributed by atoms with E-state index in [1.54, 1.807) is 38.5 Å². The Morgan fingerprint density at radius 2 is 0.833 bits per heavy atom. The van der Waals surface area contributed by atoms with Crippen molar-refractivity contribution in [2.45, 2.75) is 27.1 Å². The third-order valence-electron chi connectivity index (χ3n) is 6.99. The van der Waals surface area contributed by atoms with Crippen LogP contribution in [0.25, 0.3) is 22.3 Å². The first-order valence-electron chi connectivity index (χ1n) is 12.0. The van der Waals surface area contributed by atoms with Gasteiger partial charge in [0.1, 0.15) is 0 Å². The molecular weight excluding hydrogens is 448 g/mol. The summed E-state index contributed by atoms with van der Waals surface area (Å²) in [7, 11) is 3.29. The first-order valence-corrected chi connectivity index (χ1v) is 12.0. The normalized spacial score (nSPS) is 12.4. The second-order valence-corrected chi connectivity index (χ2v) is 9.16. The van der Waals surface area contributed by atoms with Gasteiger partial charge in [0.15, 0.2) is 11.6 Å². The Labute approximate surface area is 211 Å². The van der Waals surface area contributed by atoms with Crippen molar-refractivity contribution in [3.05, 3.63) is 117 Å². The molecule has 0 radical (unpaired) electrons. The molecule has 0 heterocycles. The van der Waals surface area contributed by atoms with E-state index in [0.717, 1.165) is 44.5 Å². The average molecular weight is 477 g/mol. The van der Waals surface area contributed by atoms with Crippen LogP contribution in [0, 0.1) is 13.8 Å². The Hall–Kier alpha value is -3.86. The first kappa shape index (κ1) is 23.9. The van der Waals surface area contributed by atoms with Gasteiger partial charge in [-0.05, 0) is 58.4 Å². The molecule has 0 unspecified atom stereocenters. The summed E-state index contributed by atoms with van der Waals surface area (Å²) in [6.45, 7) is 4.59. The van der Waals surface area contributed by atoms with Crippen molar-refractivity contribution < 1.29 is 19.1 Å². The third-order valence-corrected chi connectivity index (χ3v) is 6.99. The molecule has 180 valence electrons. The van der Waals surface area contributed by atoms with Crippen LogP contribution in [-0.2, 0) is 22.7 Å². The van der Waals surface area contributed by atoms with Crippen molar-refractivity contribution >= 4 is 11.6 Å². The minimum absolute atomic E-state index is 0.144. The van der Waals surface area contributed by atoms with E-state index in [0.29, 0.717) is 22.3 Å². The highest BCUT2D eigenvalue weighted by Crippen LogP contribution is 2.46. The summed E-state index contributed by atoms with van der Waals surface area (Å²) in [5.41, 5.74) is 8.85. The van der Waals surface area contributed by atoms with Crippen molar-refractivity contribution in [1.82, 2.24) is 0 Å². The van der Waals surface area contributed by atoms with Crippen LogP contribution in [0.4, 0.5) is 0 Å². The molecule has 0 spiro atoms. The minimum atomic E-state index is -0.144. The molecule has 4 aromatic rings. The second kappa shape index (κ2) is 9.65. The highest BCUT2D eigenvalue weighted by Gasteiger charge is 2.38. The molecule has 4 nitrogen and oxygen atoms in total. The van der Waals surface area contributed by atoms with Crippen LogP contribution in [0.3, 0.4) is 0 Å². The molecule has 36 heavy (non-hydrogen) atoms. The lowest BCUT2D eigenvalue weighted by molar-refractivity contribution is 0.0979. The van der Waals surface area contributed by atoms with Crippen LogP contribution in [0.5, 0.6) is 0 Å². The van der Waals surface area contributed by atoms with Crippen LogP contribution >= 0.6 is 0 Å². The molecule has 0 aromatic heterocycles. The van der Waals surface area contributed by atoms with E-state index in [2.05, 4.69) is 0 Å². The summed E-state index contributed by atoms with van der Waals surface area (Å²) in [6.07, 6.45) is 0. The number of methoxy groups -OCH3 is 2. The van der Waals surface area contributed by atoms with Gasteiger partial charge in [-0.3, -0.25) is 9.59 Å². The summed E-state index contributed by atoms with van der Waals surface area (Å²) < 4.78 is 11.4. The van der Waals surface area contributed by atoms with Crippen LogP contribution < -0.4 is 0 Å². The number of hydrogen-bond donors (Lipinski definition) is 0. The van der Waals surface area contributed by atoms with Crippen molar-refractivity contribution in [3.8, 4) is 22.3 Å². The number of benzene rings is 4. The van der Waals surface area contributed by atoms with Crippen molar-refractivity contribution in [3.63, 3.8) is 0 Å². The first-order chi connectivity index (χ1) is 17.5. The Morgan fingerprint density at radius 1 is 0.500 bits per heavy atom. The quantitative estimate of drug-likeness (QED) is 0.273. The van der Waals surface area contributed by atoms with Gasteiger partial charge in [0.25, 0.3) is 0 Å².